The van der Waals surface area contributed by atoms with E-state index in [-0.39, 0.29) is 6.10 Å². The fourth-order valence-corrected chi connectivity index (χ4v) is 3.42. The van der Waals surface area contributed by atoms with Crippen LogP contribution in [0, 0.1) is 23.7 Å². The molecule has 4 rings (SSSR count). The molecule has 4 bridgehead atoms. The fourth-order valence-electron chi connectivity index (χ4n) is 3.42. The smallest absolute Gasteiger partial charge is 0.0751 e. The van der Waals surface area contributed by atoms with Crippen LogP contribution in [0.25, 0.3) is 0 Å². The number of fused-ring (bicyclic) bond motifs is 1. The van der Waals surface area contributed by atoms with Crippen LogP contribution in [-0.4, -0.2) is 11.2 Å². The first-order valence-corrected chi connectivity index (χ1v) is 4.71. The fraction of sp³-hybridized carbons (Fsp3) is 0.800. The minimum Gasteiger partial charge on any atom is -0.389 e. The second kappa shape index (κ2) is 1.89. The van der Waals surface area contributed by atoms with Gasteiger partial charge in [0.05, 0.1) is 6.10 Å². The summed E-state index contributed by atoms with van der Waals surface area (Å²) < 4.78 is 0. The van der Waals surface area contributed by atoms with Crippen LogP contribution >= 0.6 is 0 Å². The second-order valence-corrected chi connectivity index (χ2v) is 4.43. The van der Waals surface area contributed by atoms with E-state index in [1.807, 2.05) is 6.08 Å². The van der Waals surface area contributed by atoms with Gasteiger partial charge in [0.1, 0.15) is 0 Å². The van der Waals surface area contributed by atoms with E-state index in [2.05, 4.69) is 6.08 Å². The molecule has 5 unspecified atom stereocenters. The third kappa shape index (κ3) is 0.698. The highest BCUT2D eigenvalue weighted by atomic mass is 16.3. The summed E-state index contributed by atoms with van der Waals surface area (Å²) in [6.45, 7) is 0. The maximum atomic E-state index is 9.69. The van der Waals surface area contributed by atoms with E-state index in [9.17, 15) is 5.11 Å². The molecule has 0 aromatic carbocycles. The minimum absolute atomic E-state index is 0.113. The Balaban J connectivity index is 2.03. The number of allylic oxidation sites excluding steroid dienone is 1. The van der Waals surface area contributed by atoms with E-state index in [0.29, 0.717) is 5.92 Å². The topological polar surface area (TPSA) is 20.2 Å². The lowest BCUT2D eigenvalue weighted by molar-refractivity contribution is 0.115. The van der Waals surface area contributed by atoms with E-state index in [1.54, 1.807) is 0 Å². The van der Waals surface area contributed by atoms with Crippen molar-refractivity contribution in [1.29, 1.82) is 0 Å². The first-order chi connectivity index (χ1) is 5.34. The summed E-state index contributed by atoms with van der Waals surface area (Å²) in [5, 5.41) is 9.69. The van der Waals surface area contributed by atoms with E-state index in [1.165, 1.54) is 19.3 Å². The van der Waals surface area contributed by atoms with Crippen LogP contribution in [0.2, 0.25) is 0 Å². The molecule has 0 spiro atoms. The lowest BCUT2D eigenvalue weighted by Gasteiger charge is -2.24. The molecule has 5 atom stereocenters. The van der Waals surface area contributed by atoms with Gasteiger partial charge in [0.25, 0.3) is 0 Å². The summed E-state index contributed by atoms with van der Waals surface area (Å²) in [6.07, 6.45) is 8.25. The van der Waals surface area contributed by atoms with Crippen molar-refractivity contribution in [2.45, 2.75) is 25.4 Å². The molecule has 2 saturated carbocycles. The minimum atomic E-state index is -0.113. The monoisotopic (exact) mass is 150 g/mol. The third-order valence-corrected chi connectivity index (χ3v) is 3.96. The summed E-state index contributed by atoms with van der Waals surface area (Å²) in [4.78, 5) is 0. The van der Waals surface area contributed by atoms with Gasteiger partial charge in [-0.15, -0.1) is 0 Å². The van der Waals surface area contributed by atoms with Crippen molar-refractivity contribution in [1.82, 2.24) is 0 Å². The maximum Gasteiger partial charge on any atom is 0.0751 e. The van der Waals surface area contributed by atoms with Gasteiger partial charge in [-0.05, 0) is 42.9 Å². The van der Waals surface area contributed by atoms with E-state index >= 15 is 0 Å². The largest absolute Gasteiger partial charge is 0.389 e. The van der Waals surface area contributed by atoms with Gasteiger partial charge in [0.15, 0.2) is 0 Å². The third-order valence-electron chi connectivity index (χ3n) is 3.96. The van der Waals surface area contributed by atoms with Crippen LogP contribution < -0.4 is 0 Å². The molecule has 0 heterocycles. The molecule has 0 aromatic rings. The molecule has 0 radical (unpaired) electrons. The molecule has 1 nitrogen and oxygen atoms in total. The summed E-state index contributed by atoms with van der Waals surface area (Å²) in [5.74, 6) is 3.23. The van der Waals surface area contributed by atoms with Gasteiger partial charge in [-0.25, -0.2) is 0 Å². The summed E-state index contributed by atoms with van der Waals surface area (Å²) in [7, 11) is 0. The van der Waals surface area contributed by atoms with Gasteiger partial charge >= 0.3 is 0 Å². The number of aliphatic hydroxyl groups excluding tert-OH is 1. The Morgan fingerprint density at radius 1 is 1.00 bits per heavy atom. The molecule has 11 heavy (non-hydrogen) atoms. The van der Waals surface area contributed by atoms with E-state index in [0.717, 1.165) is 17.8 Å². The quantitative estimate of drug-likeness (QED) is 0.520. The lowest BCUT2D eigenvalue weighted by atomic mass is 9.83. The van der Waals surface area contributed by atoms with Crippen molar-refractivity contribution in [2.24, 2.45) is 23.7 Å². The van der Waals surface area contributed by atoms with Crippen molar-refractivity contribution in [3.05, 3.63) is 12.2 Å². The predicted octanol–water partition coefficient (Wildman–Crippen LogP) is 1.58. The van der Waals surface area contributed by atoms with Gasteiger partial charge in [0.2, 0.25) is 0 Å². The number of hydrogen-bond acceptors (Lipinski definition) is 1. The van der Waals surface area contributed by atoms with Gasteiger partial charge in [-0.2, -0.15) is 0 Å². The SMILES string of the molecule is OC1C=CC2CC3CC2CC13. The van der Waals surface area contributed by atoms with Crippen molar-refractivity contribution < 1.29 is 5.11 Å². The molecule has 0 aromatic heterocycles. The first kappa shape index (κ1) is 6.24. The lowest BCUT2D eigenvalue weighted by Crippen LogP contribution is -2.22. The molecule has 0 amide bonds. The Labute approximate surface area is 67.1 Å². The van der Waals surface area contributed by atoms with Gasteiger partial charge in [-0.3, -0.25) is 0 Å². The van der Waals surface area contributed by atoms with Crippen LogP contribution in [0.5, 0.6) is 0 Å². The van der Waals surface area contributed by atoms with Gasteiger partial charge in [-0.1, -0.05) is 12.2 Å². The van der Waals surface area contributed by atoms with Crippen LogP contribution in [-0.2, 0) is 0 Å². The van der Waals surface area contributed by atoms with Crippen molar-refractivity contribution in [3.63, 3.8) is 0 Å². The van der Waals surface area contributed by atoms with Crippen molar-refractivity contribution >= 4 is 0 Å². The van der Waals surface area contributed by atoms with Crippen LogP contribution in [0.3, 0.4) is 0 Å². The Morgan fingerprint density at radius 2 is 1.91 bits per heavy atom. The molecular formula is C10H14O. The summed E-state index contributed by atoms with van der Waals surface area (Å²) >= 11 is 0. The predicted molar refractivity (Wildman–Crippen MR) is 43.0 cm³/mol. The zero-order valence-corrected chi connectivity index (χ0v) is 6.61. The number of hydrogen-bond donors (Lipinski definition) is 1. The Bertz CT molecular complexity index is 209. The average Bonchev–Trinajstić information content (AvgIpc) is 2.50. The molecule has 0 aliphatic heterocycles. The molecular weight excluding hydrogens is 136 g/mol. The zero-order valence-electron chi connectivity index (χ0n) is 6.61. The van der Waals surface area contributed by atoms with Crippen LogP contribution in [0.15, 0.2) is 12.2 Å². The maximum absolute atomic E-state index is 9.69. The molecule has 4 aliphatic rings. The average molecular weight is 150 g/mol. The second-order valence-electron chi connectivity index (χ2n) is 4.43. The Hall–Kier alpha value is -0.300. The number of aliphatic hydroxyl groups is 1. The van der Waals surface area contributed by atoms with E-state index in [4.69, 9.17) is 0 Å². The summed E-state index contributed by atoms with van der Waals surface area (Å²) in [5.41, 5.74) is 0. The van der Waals surface area contributed by atoms with Gasteiger partial charge in [0, 0.05) is 0 Å². The highest BCUT2D eigenvalue weighted by Crippen LogP contribution is 2.55. The van der Waals surface area contributed by atoms with Crippen molar-refractivity contribution in [2.75, 3.05) is 0 Å². The molecule has 1 heteroatoms. The zero-order chi connectivity index (χ0) is 7.42. The van der Waals surface area contributed by atoms with Crippen LogP contribution in [0.4, 0.5) is 0 Å². The van der Waals surface area contributed by atoms with E-state index < -0.39 is 0 Å². The van der Waals surface area contributed by atoms with Crippen molar-refractivity contribution in [3.8, 4) is 0 Å². The molecule has 2 fully saturated rings. The highest BCUT2D eigenvalue weighted by Gasteiger charge is 2.48. The number of rotatable bonds is 0. The first-order valence-electron chi connectivity index (χ1n) is 4.71. The summed E-state index contributed by atoms with van der Waals surface area (Å²) in [6, 6.07) is 0. The Kier molecular flexibility index (Phi) is 1.07. The molecule has 1 N–H and O–H groups in total. The standard InChI is InChI=1S/C10H14O/c11-10-2-1-6-3-8-4-7(6)5-9(8)10/h1-2,6-11H,3-5H2. The molecule has 0 saturated heterocycles. The Morgan fingerprint density at radius 3 is 2.64 bits per heavy atom. The molecule has 4 aliphatic carbocycles. The normalized spacial score (nSPS) is 58.8. The van der Waals surface area contributed by atoms with Crippen LogP contribution in [0.1, 0.15) is 19.3 Å². The molecule has 60 valence electrons. The highest BCUT2D eigenvalue weighted by molar-refractivity contribution is 5.12. The van der Waals surface area contributed by atoms with Gasteiger partial charge < -0.3 is 5.11 Å².